The number of hydrogen-bond acceptors (Lipinski definition) is 3. The normalized spacial score (nSPS) is 32.4. The average Bonchev–Trinajstić information content (AvgIpc) is 2.83. The van der Waals surface area contributed by atoms with Crippen molar-refractivity contribution in [3.63, 3.8) is 0 Å². The van der Waals surface area contributed by atoms with Gasteiger partial charge in [0.05, 0.1) is 12.7 Å². The van der Waals surface area contributed by atoms with Crippen molar-refractivity contribution < 1.29 is 21.7 Å². The summed E-state index contributed by atoms with van der Waals surface area (Å²) in [6, 6.07) is 0.345. The molecule has 1 N–H and O–H groups in total. The van der Waals surface area contributed by atoms with Crippen LogP contribution >= 0.6 is 0 Å². The van der Waals surface area contributed by atoms with E-state index in [1.54, 1.807) is 0 Å². The molecule has 0 aromatic heterocycles. The van der Waals surface area contributed by atoms with Crippen LogP contribution in [-0.2, 0) is 4.79 Å². The Hall–Kier alpha value is -0.710. The Labute approximate surface area is 109 Å². The van der Waals surface area contributed by atoms with Gasteiger partial charge in [-0.15, -0.1) is 0 Å². The van der Waals surface area contributed by atoms with Gasteiger partial charge in [0.25, 0.3) is 0 Å². The number of nitrogens with zero attached hydrogens (tertiary/aromatic N) is 2. The molecule has 0 radical (unpaired) electrons. The maximum Gasteiger partial charge on any atom is 0.225 e. The molecule has 1 fully saturated rings. The summed E-state index contributed by atoms with van der Waals surface area (Å²) < 4.78 is 0.576. The highest BCUT2D eigenvalue weighted by Crippen LogP contribution is 2.30. The number of carbonyl (C=O) groups is 1. The van der Waals surface area contributed by atoms with Gasteiger partial charge in [0, 0.05) is 6.92 Å². The average molecular weight is 258 g/mol. The van der Waals surface area contributed by atoms with Crippen LogP contribution in [0, 0.1) is 0 Å². The second kappa shape index (κ2) is 5.29. The molecule has 0 amide bonds. The Morgan fingerprint density at radius 1 is 1.53 bits per heavy atom. The van der Waals surface area contributed by atoms with Crippen molar-refractivity contribution in [3.05, 3.63) is 11.4 Å². The van der Waals surface area contributed by atoms with Crippen LogP contribution in [-0.4, -0.2) is 42.8 Å². The molecule has 2 unspecified atom stereocenters. The monoisotopic (exact) mass is 257 g/mol. The molecule has 0 aliphatic carbocycles. The zero-order valence-corrected chi connectivity index (χ0v) is 11.4. The summed E-state index contributed by atoms with van der Waals surface area (Å²) in [4.78, 5) is 15.5. The Bertz CT molecular complexity index is 372. The van der Waals surface area contributed by atoms with Crippen molar-refractivity contribution in [2.24, 2.45) is 4.99 Å². The van der Waals surface area contributed by atoms with E-state index < -0.39 is 0 Å². The molecule has 0 spiro atoms. The number of aliphatic imine (C=N–C) groups is 1. The minimum Gasteiger partial charge on any atom is -1.00 e. The molecular weight excluding hydrogens is 238 g/mol. The Morgan fingerprint density at radius 3 is 2.76 bits per heavy atom. The van der Waals surface area contributed by atoms with Crippen LogP contribution in [0.1, 0.15) is 26.7 Å². The standard InChI is InChI=1S/C12H20N3O.ClH/c1-9-10(2)15(3,7-8-16)12(14-9)11-5-4-6-13-11;/h8,11,13H,4-7H2,1-3H3;1H/q+1;/p-1. The van der Waals surface area contributed by atoms with Crippen molar-refractivity contribution in [2.75, 3.05) is 20.1 Å². The lowest BCUT2D eigenvalue weighted by atomic mass is 10.1. The molecule has 2 heterocycles. The van der Waals surface area contributed by atoms with Crippen LogP contribution in [0.2, 0.25) is 0 Å². The number of allylic oxidation sites excluding steroid dienone is 2. The van der Waals surface area contributed by atoms with E-state index in [1.165, 1.54) is 12.1 Å². The van der Waals surface area contributed by atoms with Crippen LogP contribution in [0.4, 0.5) is 0 Å². The fourth-order valence-corrected chi connectivity index (χ4v) is 2.60. The molecule has 0 bridgehead atoms. The number of hydrogen-bond donors (Lipinski definition) is 1. The van der Waals surface area contributed by atoms with Gasteiger partial charge >= 0.3 is 0 Å². The third-order valence-electron chi connectivity index (χ3n) is 3.86. The largest absolute Gasteiger partial charge is 1.00 e. The summed E-state index contributed by atoms with van der Waals surface area (Å²) in [5.74, 6) is 1.11. The topological polar surface area (TPSA) is 41.5 Å². The van der Waals surface area contributed by atoms with Gasteiger partial charge in [-0.2, -0.15) is 4.99 Å². The number of nitrogens with one attached hydrogen (secondary N) is 1. The SMILES string of the molecule is CC1=C(C)[N+](C)(CC=O)C(C2CCCN2)=N1.[Cl-]. The first-order chi connectivity index (χ1) is 7.59. The first-order valence-electron chi connectivity index (χ1n) is 5.89. The predicted octanol–water partition coefficient (Wildman–Crippen LogP) is -1.95. The molecule has 17 heavy (non-hydrogen) atoms. The molecule has 0 saturated carbocycles. The van der Waals surface area contributed by atoms with E-state index in [-0.39, 0.29) is 12.4 Å². The summed E-state index contributed by atoms with van der Waals surface area (Å²) in [7, 11) is 2.08. The van der Waals surface area contributed by atoms with E-state index in [2.05, 4.69) is 24.3 Å². The van der Waals surface area contributed by atoms with Crippen LogP contribution in [0.3, 0.4) is 0 Å². The minimum absolute atomic E-state index is 0. The number of aldehydes is 1. The molecule has 1 saturated heterocycles. The van der Waals surface area contributed by atoms with Gasteiger partial charge in [0.2, 0.25) is 5.84 Å². The summed E-state index contributed by atoms with van der Waals surface area (Å²) in [6.45, 7) is 5.64. The molecule has 0 aromatic rings. The highest BCUT2D eigenvalue weighted by molar-refractivity contribution is 5.86. The highest BCUT2D eigenvalue weighted by atomic mass is 35.5. The van der Waals surface area contributed by atoms with Gasteiger partial charge in [0.1, 0.15) is 18.3 Å². The van der Waals surface area contributed by atoms with E-state index >= 15 is 0 Å². The molecule has 2 aliphatic heterocycles. The lowest BCUT2D eigenvalue weighted by Gasteiger charge is -2.31. The number of likely N-dealkylation sites (N-methyl/N-ethyl adjacent to an activating group) is 1. The van der Waals surface area contributed by atoms with Crippen LogP contribution in [0.5, 0.6) is 0 Å². The molecule has 2 atom stereocenters. The molecule has 96 valence electrons. The van der Waals surface area contributed by atoms with Crippen molar-refractivity contribution in [3.8, 4) is 0 Å². The predicted molar refractivity (Wildman–Crippen MR) is 63.9 cm³/mol. The lowest BCUT2D eigenvalue weighted by molar-refractivity contribution is -0.770. The summed E-state index contributed by atoms with van der Waals surface area (Å²) >= 11 is 0. The van der Waals surface area contributed by atoms with Crippen LogP contribution in [0.25, 0.3) is 0 Å². The van der Waals surface area contributed by atoms with Gasteiger partial charge in [0.15, 0.2) is 6.29 Å². The first-order valence-corrected chi connectivity index (χ1v) is 5.89. The van der Waals surface area contributed by atoms with E-state index in [1.807, 2.05) is 6.92 Å². The second-order valence-corrected chi connectivity index (χ2v) is 4.83. The fraction of sp³-hybridized carbons (Fsp3) is 0.667. The highest BCUT2D eigenvalue weighted by Gasteiger charge is 2.43. The quantitative estimate of drug-likeness (QED) is 0.472. The van der Waals surface area contributed by atoms with Crippen molar-refractivity contribution in [1.82, 2.24) is 5.32 Å². The minimum atomic E-state index is 0. The Morgan fingerprint density at radius 2 is 2.24 bits per heavy atom. The number of carbonyl (C=O) groups excluding carboxylic acids is 1. The van der Waals surface area contributed by atoms with Crippen molar-refractivity contribution >= 4 is 12.1 Å². The van der Waals surface area contributed by atoms with Gasteiger partial charge in [-0.25, -0.2) is 4.48 Å². The van der Waals surface area contributed by atoms with Crippen molar-refractivity contribution in [1.29, 1.82) is 0 Å². The third kappa shape index (κ3) is 2.30. The van der Waals surface area contributed by atoms with Crippen molar-refractivity contribution in [2.45, 2.75) is 32.7 Å². The maximum atomic E-state index is 10.9. The Balaban J connectivity index is 0.00000144. The summed E-state index contributed by atoms with van der Waals surface area (Å²) in [5, 5.41) is 3.46. The van der Waals surface area contributed by atoms with Crippen LogP contribution in [0.15, 0.2) is 16.4 Å². The number of amidine groups is 1. The number of rotatable bonds is 3. The zero-order valence-electron chi connectivity index (χ0n) is 10.7. The third-order valence-corrected chi connectivity index (χ3v) is 3.86. The molecule has 5 heteroatoms. The molecule has 2 rings (SSSR count). The van der Waals surface area contributed by atoms with Crippen LogP contribution < -0.4 is 17.7 Å². The van der Waals surface area contributed by atoms with Gasteiger partial charge in [-0.3, -0.25) is 4.79 Å². The van der Waals surface area contributed by atoms with Gasteiger partial charge in [-0.1, -0.05) is 0 Å². The molecule has 0 aromatic carbocycles. The van der Waals surface area contributed by atoms with E-state index in [0.29, 0.717) is 17.1 Å². The summed E-state index contributed by atoms with van der Waals surface area (Å²) in [6.07, 6.45) is 3.32. The Kier molecular flexibility index (Phi) is 4.47. The zero-order chi connectivity index (χ0) is 11.8. The molecule has 2 aliphatic rings. The lowest BCUT2D eigenvalue weighted by Crippen LogP contribution is -3.00. The smallest absolute Gasteiger partial charge is 0.225 e. The van der Waals surface area contributed by atoms with Gasteiger partial charge in [-0.05, 0) is 26.3 Å². The second-order valence-electron chi connectivity index (χ2n) is 4.83. The van der Waals surface area contributed by atoms with E-state index in [9.17, 15) is 4.79 Å². The van der Waals surface area contributed by atoms with E-state index in [0.717, 1.165) is 30.8 Å². The fourth-order valence-electron chi connectivity index (χ4n) is 2.60. The summed E-state index contributed by atoms with van der Waals surface area (Å²) in [5.41, 5.74) is 2.25. The first kappa shape index (κ1) is 14.4. The maximum absolute atomic E-state index is 10.9. The molecular formula is C12H20ClN3O. The number of halogens is 1. The molecule has 4 nitrogen and oxygen atoms in total. The van der Waals surface area contributed by atoms with Gasteiger partial charge < -0.3 is 17.7 Å². The van der Waals surface area contributed by atoms with E-state index in [4.69, 9.17) is 0 Å². The number of quaternary nitrogens is 1.